The Balaban J connectivity index is 1.68. The lowest BCUT2D eigenvalue weighted by Gasteiger charge is -2.28. The SMILES string of the molecule is Cc1cccc(CN(CC(=O)N2c3ccc(Br)cc3C[C@@H]2C)S(=O)(=O)c2ccc(Cl)cc2)c1. The number of halogens is 2. The zero-order chi connectivity index (χ0) is 23.8. The van der Waals surface area contributed by atoms with Crippen molar-refractivity contribution >= 4 is 49.1 Å². The van der Waals surface area contributed by atoms with Crippen molar-refractivity contribution < 1.29 is 13.2 Å². The average molecular weight is 548 g/mol. The van der Waals surface area contributed by atoms with Gasteiger partial charge in [-0.3, -0.25) is 4.79 Å². The summed E-state index contributed by atoms with van der Waals surface area (Å²) in [5.74, 6) is -0.256. The number of hydrogen-bond acceptors (Lipinski definition) is 3. The largest absolute Gasteiger partial charge is 0.308 e. The van der Waals surface area contributed by atoms with Gasteiger partial charge in [0.25, 0.3) is 0 Å². The van der Waals surface area contributed by atoms with E-state index in [1.807, 2.05) is 56.3 Å². The van der Waals surface area contributed by atoms with E-state index in [2.05, 4.69) is 15.9 Å². The molecule has 172 valence electrons. The highest BCUT2D eigenvalue weighted by Gasteiger charge is 2.34. The molecule has 4 rings (SSSR count). The van der Waals surface area contributed by atoms with Gasteiger partial charge in [-0.15, -0.1) is 0 Å². The molecule has 0 aromatic heterocycles. The van der Waals surface area contributed by atoms with Crippen LogP contribution in [0.25, 0.3) is 0 Å². The number of fused-ring (bicyclic) bond motifs is 1. The Labute approximate surface area is 208 Å². The Morgan fingerprint density at radius 2 is 1.85 bits per heavy atom. The summed E-state index contributed by atoms with van der Waals surface area (Å²) >= 11 is 9.44. The van der Waals surface area contributed by atoms with Crippen LogP contribution in [0.3, 0.4) is 0 Å². The van der Waals surface area contributed by atoms with Crippen molar-refractivity contribution in [3.05, 3.63) is 92.9 Å². The summed E-state index contributed by atoms with van der Waals surface area (Å²) in [5, 5.41) is 0.448. The molecule has 5 nitrogen and oxygen atoms in total. The monoisotopic (exact) mass is 546 g/mol. The number of carbonyl (C=O) groups is 1. The van der Waals surface area contributed by atoms with Crippen LogP contribution < -0.4 is 4.90 Å². The molecule has 0 saturated heterocycles. The highest BCUT2D eigenvalue weighted by molar-refractivity contribution is 9.10. The number of benzene rings is 3. The highest BCUT2D eigenvalue weighted by atomic mass is 79.9. The van der Waals surface area contributed by atoms with E-state index < -0.39 is 10.0 Å². The van der Waals surface area contributed by atoms with Crippen LogP contribution in [0.15, 0.2) is 76.1 Å². The van der Waals surface area contributed by atoms with Crippen LogP contribution in [-0.2, 0) is 27.8 Å². The molecule has 33 heavy (non-hydrogen) atoms. The molecule has 0 unspecified atom stereocenters. The van der Waals surface area contributed by atoms with Crippen molar-refractivity contribution in [2.24, 2.45) is 0 Å². The second-order valence-electron chi connectivity index (χ2n) is 8.31. The van der Waals surface area contributed by atoms with Gasteiger partial charge < -0.3 is 4.90 Å². The highest BCUT2D eigenvalue weighted by Crippen LogP contribution is 2.34. The number of rotatable bonds is 6. The molecule has 3 aromatic carbocycles. The Kier molecular flexibility index (Phi) is 6.96. The van der Waals surface area contributed by atoms with Gasteiger partial charge in [0.05, 0.1) is 11.4 Å². The van der Waals surface area contributed by atoms with E-state index in [0.29, 0.717) is 5.02 Å². The minimum atomic E-state index is -3.94. The number of nitrogens with zero attached hydrogens (tertiary/aromatic N) is 2. The van der Waals surface area contributed by atoms with E-state index >= 15 is 0 Å². The molecular formula is C25H24BrClN2O3S. The topological polar surface area (TPSA) is 57.7 Å². The first-order chi connectivity index (χ1) is 15.6. The fourth-order valence-corrected chi connectivity index (χ4v) is 6.11. The van der Waals surface area contributed by atoms with Crippen LogP contribution in [0.1, 0.15) is 23.6 Å². The fourth-order valence-electron chi connectivity index (χ4n) is 4.20. The van der Waals surface area contributed by atoms with Gasteiger partial charge in [-0.1, -0.05) is 57.4 Å². The zero-order valence-corrected chi connectivity index (χ0v) is 21.5. The Morgan fingerprint density at radius 1 is 1.12 bits per heavy atom. The van der Waals surface area contributed by atoms with Crippen molar-refractivity contribution in [1.82, 2.24) is 4.31 Å². The molecular weight excluding hydrogens is 524 g/mol. The molecule has 3 aromatic rings. The quantitative estimate of drug-likeness (QED) is 0.405. The van der Waals surface area contributed by atoms with E-state index in [4.69, 9.17) is 11.6 Å². The van der Waals surface area contributed by atoms with E-state index in [1.54, 1.807) is 4.90 Å². The van der Waals surface area contributed by atoms with Gasteiger partial charge in [-0.2, -0.15) is 4.31 Å². The minimum Gasteiger partial charge on any atom is -0.308 e. The van der Waals surface area contributed by atoms with Crippen molar-refractivity contribution in [1.29, 1.82) is 0 Å². The third-order valence-corrected chi connectivity index (χ3v) is 8.28. The molecule has 1 aliphatic rings. The van der Waals surface area contributed by atoms with Crippen LogP contribution in [-0.4, -0.2) is 31.2 Å². The molecule has 0 bridgehead atoms. The summed E-state index contributed by atoms with van der Waals surface area (Å²) in [6, 6.07) is 19.4. The van der Waals surface area contributed by atoms with Crippen LogP contribution in [0.5, 0.6) is 0 Å². The Hall–Kier alpha value is -2.19. The van der Waals surface area contributed by atoms with E-state index in [-0.39, 0.29) is 29.9 Å². The maximum absolute atomic E-state index is 13.6. The van der Waals surface area contributed by atoms with Gasteiger partial charge in [0.2, 0.25) is 15.9 Å². The van der Waals surface area contributed by atoms with Gasteiger partial charge in [0.15, 0.2) is 0 Å². The van der Waals surface area contributed by atoms with Crippen molar-refractivity contribution in [2.45, 2.75) is 37.8 Å². The molecule has 1 aliphatic heterocycles. The number of anilines is 1. The summed E-state index contributed by atoms with van der Waals surface area (Å²) < 4.78 is 29.3. The number of amides is 1. The van der Waals surface area contributed by atoms with Gasteiger partial charge in [0.1, 0.15) is 0 Å². The third-order valence-electron chi connectivity index (χ3n) is 5.73. The number of aryl methyl sites for hydroxylation is 1. The summed E-state index contributed by atoms with van der Waals surface area (Å²) in [5.41, 5.74) is 3.74. The molecule has 0 N–H and O–H groups in total. The number of carbonyl (C=O) groups excluding carboxylic acids is 1. The van der Waals surface area contributed by atoms with Crippen molar-refractivity contribution in [2.75, 3.05) is 11.4 Å². The maximum Gasteiger partial charge on any atom is 0.243 e. The Morgan fingerprint density at radius 3 is 2.55 bits per heavy atom. The molecule has 1 atom stereocenters. The molecule has 8 heteroatoms. The lowest BCUT2D eigenvalue weighted by atomic mass is 10.1. The molecule has 0 saturated carbocycles. The van der Waals surface area contributed by atoms with Crippen LogP contribution in [0.4, 0.5) is 5.69 Å². The summed E-state index contributed by atoms with van der Waals surface area (Å²) in [4.78, 5) is 15.3. The van der Waals surface area contributed by atoms with E-state index in [0.717, 1.165) is 33.3 Å². The van der Waals surface area contributed by atoms with Crippen LogP contribution >= 0.6 is 27.5 Å². The van der Waals surface area contributed by atoms with E-state index in [1.165, 1.54) is 28.6 Å². The van der Waals surface area contributed by atoms with Crippen molar-refractivity contribution in [3.8, 4) is 0 Å². The first kappa shape index (κ1) is 24.0. The zero-order valence-electron chi connectivity index (χ0n) is 18.3. The number of sulfonamides is 1. The summed E-state index contributed by atoms with van der Waals surface area (Å²) in [6.07, 6.45) is 0.725. The molecule has 1 amide bonds. The Bertz CT molecular complexity index is 1300. The third kappa shape index (κ3) is 5.17. The molecule has 0 spiro atoms. The smallest absolute Gasteiger partial charge is 0.243 e. The minimum absolute atomic E-state index is 0.0548. The first-order valence-corrected chi connectivity index (χ1v) is 13.2. The summed E-state index contributed by atoms with van der Waals surface area (Å²) in [6.45, 7) is 3.75. The second kappa shape index (κ2) is 9.58. The average Bonchev–Trinajstić information content (AvgIpc) is 3.08. The maximum atomic E-state index is 13.6. The molecule has 0 fully saturated rings. The predicted molar refractivity (Wildman–Crippen MR) is 135 cm³/mol. The predicted octanol–water partition coefficient (Wildman–Crippen LogP) is 5.58. The number of hydrogen-bond donors (Lipinski definition) is 0. The van der Waals surface area contributed by atoms with Gasteiger partial charge in [-0.05, 0) is 73.9 Å². The summed E-state index contributed by atoms with van der Waals surface area (Å²) in [7, 11) is -3.94. The molecule has 0 radical (unpaired) electrons. The normalized spacial score (nSPS) is 15.7. The van der Waals surface area contributed by atoms with Crippen LogP contribution in [0, 0.1) is 6.92 Å². The van der Waals surface area contributed by atoms with Gasteiger partial charge in [0, 0.05) is 27.8 Å². The fraction of sp³-hybridized carbons (Fsp3) is 0.240. The lowest BCUT2D eigenvalue weighted by molar-refractivity contribution is -0.119. The van der Waals surface area contributed by atoms with Gasteiger partial charge >= 0.3 is 0 Å². The second-order valence-corrected chi connectivity index (χ2v) is 11.6. The van der Waals surface area contributed by atoms with Gasteiger partial charge in [-0.25, -0.2) is 8.42 Å². The van der Waals surface area contributed by atoms with Crippen LogP contribution in [0.2, 0.25) is 5.02 Å². The lowest BCUT2D eigenvalue weighted by Crippen LogP contribution is -2.44. The molecule has 1 heterocycles. The molecule has 0 aliphatic carbocycles. The first-order valence-electron chi connectivity index (χ1n) is 10.6. The van der Waals surface area contributed by atoms with Crippen molar-refractivity contribution in [3.63, 3.8) is 0 Å². The standard InChI is InChI=1S/C25H24BrClN2O3S/c1-17-4-3-5-19(12-17)15-28(33(31,32)23-9-7-22(27)8-10-23)16-25(30)29-18(2)13-20-14-21(26)6-11-24(20)29/h3-12,14,18H,13,15-16H2,1-2H3/t18-/m0/s1. The van der Waals surface area contributed by atoms with E-state index in [9.17, 15) is 13.2 Å².